The Morgan fingerprint density at radius 2 is 1.75 bits per heavy atom. The van der Waals surface area contributed by atoms with E-state index in [1.807, 2.05) is 12.2 Å². The second kappa shape index (κ2) is 5.95. The van der Waals surface area contributed by atoms with Gasteiger partial charge in [0, 0.05) is 13.6 Å². The average Bonchev–Trinajstić information content (AvgIpc) is 2.84. The van der Waals surface area contributed by atoms with Crippen LogP contribution in [0.5, 0.6) is 0 Å². The number of carbonyl (C=O) groups is 2. The van der Waals surface area contributed by atoms with Crippen molar-refractivity contribution < 1.29 is 19.8 Å². The zero-order valence-electron chi connectivity index (χ0n) is 11.9. The van der Waals surface area contributed by atoms with Crippen LogP contribution in [0.3, 0.4) is 0 Å². The Bertz CT molecular complexity index is 412. The molecule has 0 aromatic carbocycles. The Morgan fingerprint density at radius 1 is 1.20 bits per heavy atom. The molecule has 5 nitrogen and oxygen atoms in total. The van der Waals surface area contributed by atoms with Crippen molar-refractivity contribution in [2.45, 2.75) is 44.1 Å². The average molecular weight is 281 g/mol. The smallest absolute Gasteiger partial charge is 0.307 e. The number of carbonyl (C=O) groups excluding carboxylic acids is 1. The lowest BCUT2D eigenvalue weighted by Crippen LogP contribution is -2.46. The van der Waals surface area contributed by atoms with Crippen molar-refractivity contribution >= 4 is 11.9 Å². The summed E-state index contributed by atoms with van der Waals surface area (Å²) in [6, 6.07) is 0. The Labute approximate surface area is 119 Å². The van der Waals surface area contributed by atoms with E-state index < -0.39 is 23.4 Å². The van der Waals surface area contributed by atoms with Gasteiger partial charge in [-0.2, -0.15) is 0 Å². The lowest BCUT2D eigenvalue weighted by atomic mass is 9.82. The largest absolute Gasteiger partial charge is 0.481 e. The summed E-state index contributed by atoms with van der Waals surface area (Å²) >= 11 is 0. The first-order chi connectivity index (χ1) is 9.43. The van der Waals surface area contributed by atoms with E-state index in [1.54, 1.807) is 7.05 Å². The van der Waals surface area contributed by atoms with Crippen LogP contribution in [0, 0.1) is 11.8 Å². The SMILES string of the molecule is CN(CC1(O)CCCC1)C(=O)C1CC=CCC1C(=O)O. The third-order valence-electron chi connectivity index (χ3n) is 4.51. The van der Waals surface area contributed by atoms with Crippen LogP contribution in [-0.4, -0.2) is 46.2 Å². The molecule has 2 atom stereocenters. The van der Waals surface area contributed by atoms with Crippen molar-refractivity contribution in [2.75, 3.05) is 13.6 Å². The fourth-order valence-electron chi connectivity index (χ4n) is 3.35. The highest BCUT2D eigenvalue weighted by atomic mass is 16.4. The zero-order chi connectivity index (χ0) is 14.8. The molecule has 0 radical (unpaired) electrons. The van der Waals surface area contributed by atoms with Gasteiger partial charge in [0.05, 0.1) is 17.4 Å². The summed E-state index contributed by atoms with van der Waals surface area (Å²) in [7, 11) is 1.66. The summed E-state index contributed by atoms with van der Waals surface area (Å²) in [5, 5.41) is 19.6. The predicted molar refractivity (Wildman–Crippen MR) is 74.0 cm³/mol. The maximum absolute atomic E-state index is 12.5. The van der Waals surface area contributed by atoms with Gasteiger partial charge in [-0.1, -0.05) is 25.0 Å². The number of hydrogen-bond donors (Lipinski definition) is 2. The topological polar surface area (TPSA) is 77.8 Å². The molecule has 2 rings (SSSR count). The molecule has 0 saturated heterocycles. The summed E-state index contributed by atoms with van der Waals surface area (Å²) in [6.07, 6.45) is 8.00. The van der Waals surface area contributed by atoms with Gasteiger partial charge in [0.2, 0.25) is 5.91 Å². The van der Waals surface area contributed by atoms with Crippen LogP contribution in [0.15, 0.2) is 12.2 Å². The minimum absolute atomic E-state index is 0.165. The molecule has 20 heavy (non-hydrogen) atoms. The van der Waals surface area contributed by atoms with E-state index in [0.29, 0.717) is 19.4 Å². The number of hydrogen-bond acceptors (Lipinski definition) is 3. The molecular weight excluding hydrogens is 258 g/mol. The van der Waals surface area contributed by atoms with E-state index in [-0.39, 0.29) is 5.91 Å². The molecule has 0 aromatic rings. The predicted octanol–water partition coefficient (Wildman–Crippen LogP) is 1.42. The second-order valence-electron chi connectivity index (χ2n) is 6.12. The number of rotatable bonds is 4. The zero-order valence-corrected chi connectivity index (χ0v) is 11.9. The summed E-state index contributed by atoms with van der Waals surface area (Å²) in [6.45, 7) is 0.304. The number of aliphatic carboxylic acids is 1. The summed E-state index contributed by atoms with van der Waals surface area (Å²) in [5.41, 5.74) is -0.784. The Balaban J connectivity index is 2.01. The van der Waals surface area contributed by atoms with Gasteiger partial charge in [-0.3, -0.25) is 9.59 Å². The number of amides is 1. The highest BCUT2D eigenvalue weighted by Crippen LogP contribution is 2.32. The monoisotopic (exact) mass is 281 g/mol. The molecule has 0 aromatic heterocycles. The number of likely N-dealkylation sites (N-methyl/N-ethyl adjacent to an activating group) is 1. The number of allylic oxidation sites excluding steroid dienone is 2. The quantitative estimate of drug-likeness (QED) is 0.764. The molecule has 1 fully saturated rings. The van der Waals surface area contributed by atoms with Crippen molar-refractivity contribution in [1.82, 2.24) is 4.90 Å². The molecule has 0 bridgehead atoms. The van der Waals surface area contributed by atoms with Crippen molar-refractivity contribution in [3.05, 3.63) is 12.2 Å². The highest BCUT2D eigenvalue weighted by Gasteiger charge is 2.38. The van der Waals surface area contributed by atoms with E-state index in [1.165, 1.54) is 4.90 Å². The van der Waals surface area contributed by atoms with E-state index in [4.69, 9.17) is 0 Å². The lowest BCUT2D eigenvalue weighted by Gasteiger charge is -2.33. The molecule has 2 aliphatic rings. The van der Waals surface area contributed by atoms with Gasteiger partial charge in [-0.25, -0.2) is 0 Å². The van der Waals surface area contributed by atoms with Crippen LogP contribution >= 0.6 is 0 Å². The van der Waals surface area contributed by atoms with Crippen molar-refractivity contribution in [3.63, 3.8) is 0 Å². The molecule has 1 saturated carbocycles. The van der Waals surface area contributed by atoms with Gasteiger partial charge in [0.1, 0.15) is 0 Å². The van der Waals surface area contributed by atoms with Crippen molar-refractivity contribution in [1.29, 1.82) is 0 Å². The van der Waals surface area contributed by atoms with E-state index in [0.717, 1.165) is 25.7 Å². The number of carboxylic acid groups (broad SMARTS) is 1. The molecule has 5 heteroatoms. The first-order valence-electron chi connectivity index (χ1n) is 7.28. The molecule has 2 aliphatic carbocycles. The third-order valence-corrected chi connectivity index (χ3v) is 4.51. The van der Waals surface area contributed by atoms with Crippen LogP contribution < -0.4 is 0 Å². The minimum Gasteiger partial charge on any atom is -0.481 e. The molecule has 1 amide bonds. The summed E-state index contributed by atoms with van der Waals surface area (Å²) in [4.78, 5) is 25.2. The van der Waals surface area contributed by atoms with Gasteiger partial charge in [-0.15, -0.1) is 0 Å². The molecule has 2 unspecified atom stereocenters. The number of carboxylic acids is 1. The standard InChI is InChI=1S/C15H23NO4/c1-16(10-15(20)8-4-5-9-15)13(17)11-6-2-3-7-12(11)14(18)19/h2-3,11-12,20H,4-10H2,1H3,(H,18,19). The van der Waals surface area contributed by atoms with E-state index >= 15 is 0 Å². The van der Waals surface area contributed by atoms with Gasteiger partial charge >= 0.3 is 5.97 Å². The summed E-state index contributed by atoms with van der Waals surface area (Å²) < 4.78 is 0. The van der Waals surface area contributed by atoms with Crippen LogP contribution in [0.1, 0.15) is 38.5 Å². The normalized spacial score (nSPS) is 28.3. The van der Waals surface area contributed by atoms with Crippen LogP contribution in [0.25, 0.3) is 0 Å². The molecule has 0 heterocycles. The van der Waals surface area contributed by atoms with E-state index in [2.05, 4.69) is 0 Å². The first kappa shape index (κ1) is 15.0. The maximum Gasteiger partial charge on any atom is 0.307 e. The second-order valence-corrected chi connectivity index (χ2v) is 6.12. The van der Waals surface area contributed by atoms with Gasteiger partial charge in [0.25, 0.3) is 0 Å². The third kappa shape index (κ3) is 3.20. The van der Waals surface area contributed by atoms with Gasteiger partial charge < -0.3 is 15.1 Å². The van der Waals surface area contributed by atoms with E-state index in [9.17, 15) is 19.8 Å². The maximum atomic E-state index is 12.5. The van der Waals surface area contributed by atoms with Crippen LogP contribution in [0.4, 0.5) is 0 Å². The number of nitrogens with zero attached hydrogens (tertiary/aromatic N) is 1. The fraction of sp³-hybridized carbons (Fsp3) is 0.733. The Morgan fingerprint density at radius 3 is 2.30 bits per heavy atom. The Kier molecular flexibility index (Phi) is 4.48. The Hall–Kier alpha value is -1.36. The first-order valence-corrected chi connectivity index (χ1v) is 7.28. The van der Waals surface area contributed by atoms with Gasteiger partial charge in [-0.05, 0) is 25.7 Å². The van der Waals surface area contributed by atoms with Crippen molar-refractivity contribution in [3.8, 4) is 0 Å². The van der Waals surface area contributed by atoms with Crippen molar-refractivity contribution in [2.24, 2.45) is 11.8 Å². The van der Waals surface area contributed by atoms with Crippen LogP contribution in [0.2, 0.25) is 0 Å². The molecular formula is C15H23NO4. The molecule has 2 N–H and O–H groups in total. The molecule has 0 aliphatic heterocycles. The molecule has 112 valence electrons. The lowest BCUT2D eigenvalue weighted by molar-refractivity contribution is -0.151. The minimum atomic E-state index is -0.916. The van der Waals surface area contributed by atoms with Gasteiger partial charge in [0.15, 0.2) is 0 Å². The molecule has 0 spiro atoms. The summed E-state index contributed by atoms with van der Waals surface area (Å²) in [5.74, 6) is -2.23. The highest BCUT2D eigenvalue weighted by molar-refractivity contribution is 5.85. The van der Waals surface area contributed by atoms with Crippen LogP contribution in [-0.2, 0) is 9.59 Å². The number of aliphatic hydroxyl groups is 1. The fourth-order valence-corrected chi connectivity index (χ4v) is 3.35.